The number of nitrogens with one attached hydrogen (secondary N) is 1. The number of nitrogens with zero attached hydrogens (tertiary/aromatic N) is 3. The Kier molecular flexibility index (Phi) is 15.0. The van der Waals surface area contributed by atoms with Gasteiger partial charge in [-0.25, -0.2) is 9.48 Å². The molecule has 1 amide bonds. The van der Waals surface area contributed by atoms with Gasteiger partial charge < -0.3 is 68.7 Å². The lowest BCUT2D eigenvalue weighted by molar-refractivity contribution is -0.348. The molecule has 2 saturated heterocycles. The van der Waals surface area contributed by atoms with Gasteiger partial charge in [0.25, 0.3) is 5.91 Å². The quantitative estimate of drug-likeness (QED) is 0.0807. The molecule has 4 rings (SSSR count). The van der Waals surface area contributed by atoms with Gasteiger partial charge in [-0.2, -0.15) is 11.3 Å². The third kappa shape index (κ3) is 9.94. The van der Waals surface area contributed by atoms with E-state index in [9.17, 15) is 35.1 Å². The summed E-state index contributed by atoms with van der Waals surface area (Å²) in [5.41, 5.74) is 1.84. The number of carboxylic acid groups (broad SMARTS) is 1. The van der Waals surface area contributed by atoms with Gasteiger partial charge in [0, 0.05) is 31.7 Å². The highest BCUT2D eigenvalue weighted by Crippen LogP contribution is 2.30. The lowest BCUT2D eigenvalue weighted by atomic mass is 9.96. The SMILES string of the molecule is COC1OC(C(=O)O)C(OC2OC(C(=O)NCCOCCOCCOCCn3cc(-c4ccsc4)nn3)C(OC)C(O)C2O)C(O)C1O. The van der Waals surface area contributed by atoms with E-state index in [2.05, 4.69) is 15.6 Å². The molecule has 0 aliphatic carbocycles. The number of aliphatic carboxylic acids is 1. The van der Waals surface area contributed by atoms with Crippen molar-refractivity contribution in [1.29, 1.82) is 0 Å². The molecule has 4 heterocycles. The highest BCUT2D eigenvalue weighted by atomic mass is 32.1. The zero-order valence-electron chi connectivity index (χ0n) is 26.3. The number of amides is 1. The molecule has 0 radical (unpaired) electrons. The summed E-state index contributed by atoms with van der Waals surface area (Å²) < 4.78 is 44.5. The van der Waals surface area contributed by atoms with Gasteiger partial charge in [0.15, 0.2) is 24.8 Å². The van der Waals surface area contributed by atoms with Crippen molar-refractivity contribution in [1.82, 2.24) is 20.3 Å². The predicted octanol–water partition coefficient (Wildman–Crippen LogP) is -2.80. The van der Waals surface area contributed by atoms with Crippen molar-refractivity contribution < 1.29 is 73.0 Å². The number of rotatable bonds is 19. The molecule has 20 heteroatoms. The molecule has 0 aromatic carbocycles. The summed E-state index contributed by atoms with van der Waals surface area (Å²) in [6.07, 6.45) is -15.0. The second kappa shape index (κ2) is 18.9. The first kappa shape index (κ1) is 38.1. The summed E-state index contributed by atoms with van der Waals surface area (Å²) in [4.78, 5) is 24.7. The van der Waals surface area contributed by atoms with Gasteiger partial charge >= 0.3 is 5.97 Å². The van der Waals surface area contributed by atoms with Crippen LogP contribution in [0.5, 0.6) is 0 Å². The van der Waals surface area contributed by atoms with Crippen LogP contribution in [0, 0.1) is 0 Å². The minimum Gasteiger partial charge on any atom is -0.479 e. The van der Waals surface area contributed by atoms with Gasteiger partial charge in [-0.15, -0.1) is 5.10 Å². The zero-order valence-corrected chi connectivity index (χ0v) is 27.1. The molecule has 2 aliphatic heterocycles. The fourth-order valence-corrected chi connectivity index (χ4v) is 5.61. The van der Waals surface area contributed by atoms with Crippen molar-refractivity contribution in [2.75, 3.05) is 60.4 Å². The van der Waals surface area contributed by atoms with E-state index >= 15 is 0 Å². The fraction of sp³-hybridized carbons (Fsp3) is 0.714. The zero-order chi connectivity index (χ0) is 34.6. The molecule has 48 heavy (non-hydrogen) atoms. The second-order valence-electron chi connectivity index (χ2n) is 10.7. The molecule has 270 valence electrons. The summed E-state index contributed by atoms with van der Waals surface area (Å²) in [5, 5.41) is 66.3. The largest absolute Gasteiger partial charge is 0.479 e. The highest BCUT2D eigenvalue weighted by molar-refractivity contribution is 7.08. The Balaban J connectivity index is 1.12. The van der Waals surface area contributed by atoms with E-state index in [1.54, 1.807) is 16.0 Å². The number of aromatic nitrogens is 3. The molecular formula is C28H42N4O15S. The van der Waals surface area contributed by atoms with Crippen molar-refractivity contribution in [2.24, 2.45) is 0 Å². The number of ether oxygens (including phenoxy) is 8. The van der Waals surface area contributed by atoms with Crippen molar-refractivity contribution in [2.45, 2.75) is 68.0 Å². The van der Waals surface area contributed by atoms with E-state index in [0.717, 1.165) is 18.4 Å². The van der Waals surface area contributed by atoms with Crippen LogP contribution < -0.4 is 5.32 Å². The smallest absolute Gasteiger partial charge is 0.335 e. The number of hydrogen-bond acceptors (Lipinski definition) is 17. The Morgan fingerprint density at radius 1 is 0.875 bits per heavy atom. The summed E-state index contributed by atoms with van der Waals surface area (Å²) in [6, 6.07) is 1.98. The minimum absolute atomic E-state index is 0.0414. The van der Waals surface area contributed by atoms with Gasteiger partial charge in [-0.05, 0) is 11.4 Å². The first-order valence-electron chi connectivity index (χ1n) is 15.1. The molecule has 0 saturated carbocycles. The van der Waals surface area contributed by atoms with E-state index in [0.29, 0.717) is 33.0 Å². The monoisotopic (exact) mass is 706 g/mol. The minimum atomic E-state index is -1.85. The molecule has 2 aliphatic rings. The summed E-state index contributed by atoms with van der Waals surface area (Å²) in [5.74, 6) is -2.31. The van der Waals surface area contributed by atoms with E-state index in [-0.39, 0.29) is 19.8 Å². The maximum absolute atomic E-state index is 12.9. The fourth-order valence-electron chi connectivity index (χ4n) is 4.96. The Hall–Kier alpha value is -2.70. The second-order valence-corrected chi connectivity index (χ2v) is 11.5. The molecule has 2 fully saturated rings. The molecule has 0 spiro atoms. The van der Waals surface area contributed by atoms with E-state index in [4.69, 9.17) is 37.9 Å². The standard InChI is InChI=1S/C28H42N4O15S/c1-40-21-17(33)20(36)28(45-22-18(34)19(35)27(41-2)47-24(22)26(38)39)46-23(21)25(37)29-4-6-42-8-10-44-11-9-43-7-5-32-13-16(30-31-32)15-3-12-48-14-15/h3,12-14,17-24,27-28,33-36H,4-11H2,1-2H3,(H,29,37)(H,38,39). The first-order valence-corrected chi connectivity index (χ1v) is 16.0. The number of methoxy groups -OCH3 is 2. The summed E-state index contributed by atoms with van der Waals surface area (Å²) >= 11 is 1.59. The molecule has 2 aromatic rings. The van der Waals surface area contributed by atoms with Crippen LogP contribution in [-0.2, 0) is 54.0 Å². The molecular weight excluding hydrogens is 664 g/mol. The first-order chi connectivity index (χ1) is 23.2. The average molecular weight is 707 g/mol. The third-order valence-electron chi connectivity index (χ3n) is 7.50. The normalized spacial score (nSPS) is 30.7. The predicted molar refractivity (Wildman–Crippen MR) is 160 cm³/mol. The number of carbonyl (C=O) groups is 2. The Labute approximate surface area is 279 Å². The van der Waals surface area contributed by atoms with E-state index in [1.807, 2.05) is 23.0 Å². The van der Waals surface area contributed by atoms with Crippen LogP contribution in [0.15, 0.2) is 23.0 Å². The maximum atomic E-state index is 12.9. The lowest BCUT2D eigenvalue weighted by Crippen LogP contribution is -2.66. The number of carboxylic acids is 1. The Bertz CT molecular complexity index is 1260. The van der Waals surface area contributed by atoms with Gasteiger partial charge in [0.05, 0.1) is 52.4 Å². The molecule has 10 atom stereocenters. The molecule has 19 nitrogen and oxygen atoms in total. The molecule has 10 unspecified atom stereocenters. The topological polar surface area (TPSA) is 252 Å². The van der Waals surface area contributed by atoms with Crippen molar-refractivity contribution in [3.63, 3.8) is 0 Å². The van der Waals surface area contributed by atoms with Gasteiger partial charge in [0.1, 0.15) is 42.3 Å². The summed E-state index contributed by atoms with van der Waals surface area (Å²) in [7, 11) is 2.33. The summed E-state index contributed by atoms with van der Waals surface area (Å²) in [6.45, 7) is 2.42. The number of hydrogen-bond donors (Lipinski definition) is 6. The van der Waals surface area contributed by atoms with Crippen LogP contribution in [0.3, 0.4) is 0 Å². The van der Waals surface area contributed by atoms with Crippen molar-refractivity contribution in [3.8, 4) is 11.3 Å². The molecule has 6 N–H and O–H groups in total. The van der Waals surface area contributed by atoms with E-state index < -0.39 is 73.3 Å². The van der Waals surface area contributed by atoms with Crippen molar-refractivity contribution in [3.05, 3.63) is 23.0 Å². The number of aliphatic hydroxyl groups excluding tert-OH is 4. The van der Waals surface area contributed by atoms with Crippen molar-refractivity contribution >= 4 is 23.2 Å². The van der Waals surface area contributed by atoms with Crippen LogP contribution in [0.1, 0.15) is 0 Å². The van der Waals surface area contributed by atoms with Gasteiger partial charge in [-0.3, -0.25) is 4.79 Å². The number of carbonyl (C=O) groups excluding carboxylic acids is 1. The maximum Gasteiger partial charge on any atom is 0.335 e. The van der Waals surface area contributed by atoms with Crippen LogP contribution in [0.4, 0.5) is 0 Å². The van der Waals surface area contributed by atoms with E-state index in [1.165, 1.54) is 7.11 Å². The molecule has 0 bridgehead atoms. The Morgan fingerprint density at radius 3 is 2.17 bits per heavy atom. The number of aliphatic hydroxyl groups is 4. The van der Waals surface area contributed by atoms with Gasteiger partial charge in [0.2, 0.25) is 0 Å². The third-order valence-corrected chi connectivity index (χ3v) is 8.18. The molecule has 2 aromatic heterocycles. The average Bonchev–Trinajstić information content (AvgIpc) is 3.78. The van der Waals surface area contributed by atoms with Crippen LogP contribution in [0.2, 0.25) is 0 Å². The highest BCUT2D eigenvalue weighted by Gasteiger charge is 2.54. The lowest BCUT2D eigenvalue weighted by Gasteiger charge is -2.45. The Morgan fingerprint density at radius 2 is 1.52 bits per heavy atom. The van der Waals surface area contributed by atoms with Crippen LogP contribution in [-0.4, -0.2) is 174 Å². The number of thiophene rings is 1. The van der Waals surface area contributed by atoms with Gasteiger partial charge in [-0.1, -0.05) is 5.21 Å². The van der Waals surface area contributed by atoms with Crippen LogP contribution in [0.25, 0.3) is 11.3 Å². The van der Waals surface area contributed by atoms with Crippen LogP contribution >= 0.6 is 11.3 Å².